The number of pyridine rings is 1. The fourth-order valence-corrected chi connectivity index (χ4v) is 5.00. The molecule has 11 heteroatoms. The first-order valence-electron chi connectivity index (χ1n) is 12.2. The Labute approximate surface area is 212 Å². The Morgan fingerprint density at radius 3 is 2.46 bits per heavy atom. The van der Waals surface area contributed by atoms with Crippen LogP contribution in [-0.4, -0.2) is 50.5 Å². The van der Waals surface area contributed by atoms with Crippen molar-refractivity contribution in [3.05, 3.63) is 64.7 Å². The molecule has 0 saturated carbocycles. The van der Waals surface area contributed by atoms with E-state index in [4.69, 9.17) is 15.7 Å². The highest BCUT2D eigenvalue weighted by Crippen LogP contribution is 2.36. The molecule has 2 aliphatic rings. The number of carbonyl (C=O) groups excluding carboxylic acids is 1. The Bertz CT molecular complexity index is 1350. The Hall–Kier alpha value is -3.73. The van der Waals surface area contributed by atoms with E-state index in [1.807, 2.05) is 4.90 Å². The highest BCUT2D eigenvalue weighted by Gasteiger charge is 2.31. The zero-order valence-corrected chi connectivity index (χ0v) is 20.3. The summed E-state index contributed by atoms with van der Waals surface area (Å²) in [5.74, 6) is -2.07. The number of aliphatic hydroxyl groups is 1. The number of piperidine rings is 1. The third kappa shape index (κ3) is 4.95. The molecular formula is C26H27F3N6O2. The molecule has 4 heterocycles. The maximum atomic E-state index is 14.2. The molecular weight excluding hydrogens is 485 g/mol. The number of hydrogen-bond acceptors (Lipinski definition) is 7. The zero-order chi connectivity index (χ0) is 26.3. The molecule has 3 aromatic rings. The number of aromatic nitrogens is 3. The first kappa shape index (κ1) is 24.9. The predicted octanol–water partition coefficient (Wildman–Crippen LogP) is 3.39. The molecule has 0 bridgehead atoms. The van der Waals surface area contributed by atoms with Gasteiger partial charge < -0.3 is 20.6 Å². The second-order valence-corrected chi connectivity index (χ2v) is 9.48. The van der Waals surface area contributed by atoms with Crippen molar-refractivity contribution in [3.8, 4) is 11.4 Å². The van der Waals surface area contributed by atoms with Crippen LogP contribution < -0.4 is 10.6 Å². The molecule has 1 fully saturated rings. The molecule has 37 heavy (non-hydrogen) atoms. The SMILES string of the molecule is CC(=O)N1CCc2nc(N3CCC(C(O)c4ccc(F)cc4F)CC3)c(-c3ccc(F)c(N)n3)nc2C1. The van der Waals surface area contributed by atoms with Crippen molar-refractivity contribution in [2.75, 3.05) is 30.3 Å². The van der Waals surface area contributed by atoms with Crippen molar-refractivity contribution in [3.63, 3.8) is 0 Å². The van der Waals surface area contributed by atoms with Crippen LogP contribution in [-0.2, 0) is 17.8 Å². The average molecular weight is 513 g/mol. The Morgan fingerprint density at radius 1 is 1.03 bits per heavy atom. The molecule has 5 rings (SSSR count). The minimum atomic E-state index is -1.06. The number of halogens is 3. The van der Waals surface area contributed by atoms with E-state index in [0.717, 1.165) is 17.8 Å². The van der Waals surface area contributed by atoms with E-state index in [2.05, 4.69) is 4.98 Å². The Balaban J connectivity index is 1.44. The molecule has 2 aliphatic heterocycles. The molecule has 1 atom stereocenters. The topological polar surface area (TPSA) is 108 Å². The number of anilines is 2. The first-order valence-corrected chi connectivity index (χ1v) is 12.2. The lowest BCUT2D eigenvalue weighted by Gasteiger charge is -2.36. The van der Waals surface area contributed by atoms with E-state index in [1.165, 1.54) is 25.1 Å². The minimum absolute atomic E-state index is 0.0551. The predicted molar refractivity (Wildman–Crippen MR) is 131 cm³/mol. The van der Waals surface area contributed by atoms with Gasteiger partial charge in [-0.3, -0.25) is 4.79 Å². The molecule has 1 saturated heterocycles. The summed E-state index contributed by atoms with van der Waals surface area (Å²) in [4.78, 5) is 29.5. The van der Waals surface area contributed by atoms with Gasteiger partial charge in [0.1, 0.15) is 17.3 Å². The van der Waals surface area contributed by atoms with Gasteiger partial charge in [0.2, 0.25) is 5.91 Å². The molecule has 8 nitrogen and oxygen atoms in total. The van der Waals surface area contributed by atoms with Gasteiger partial charge in [-0.1, -0.05) is 6.07 Å². The van der Waals surface area contributed by atoms with E-state index in [-0.39, 0.29) is 23.2 Å². The summed E-state index contributed by atoms with van der Waals surface area (Å²) in [5.41, 5.74) is 8.04. The maximum absolute atomic E-state index is 14.2. The van der Waals surface area contributed by atoms with Gasteiger partial charge in [0.25, 0.3) is 0 Å². The van der Waals surface area contributed by atoms with Gasteiger partial charge in [-0.05, 0) is 37.0 Å². The summed E-state index contributed by atoms with van der Waals surface area (Å²) in [6, 6.07) is 5.91. The number of amides is 1. The minimum Gasteiger partial charge on any atom is -0.388 e. The summed E-state index contributed by atoms with van der Waals surface area (Å²) in [6.07, 6.45) is 0.557. The molecule has 1 aromatic carbocycles. The highest BCUT2D eigenvalue weighted by molar-refractivity contribution is 5.74. The number of nitrogens with two attached hydrogens (primary N) is 1. The maximum Gasteiger partial charge on any atom is 0.219 e. The first-order chi connectivity index (χ1) is 17.7. The van der Waals surface area contributed by atoms with Crippen molar-refractivity contribution in [2.24, 2.45) is 5.92 Å². The summed E-state index contributed by atoms with van der Waals surface area (Å²) in [6.45, 7) is 3.36. The van der Waals surface area contributed by atoms with Crippen molar-refractivity contribution in [1.29, 1.82) is 0 Å². The number of fused-ring (bicyclic) bond motifs is 1. The van der Waals surface area contributed by atoms with Crippen LogP contribution in [0.3, 0.4) is 0 Å². The van der Waals surface area contributed by atoms with Crippen LogP contribution in [0.2, 0.25) is 0 Å². The van der Waals surface area contributed by atoms with E-state index in [1.54, 1.807) is 4.90 Å². The highest BCUT2D eigenvalue weighted by atomic mass is 19.1. The van der Waals surface area contributed by atoms with Gasteiger partial charge in [0, 0.05) is 44.6 Å². The van der Waals surface area contributed by atoms with Crippen LogP contribution in [0.25, 0.3) is 11.4 Å². The van der Waals surface area contributed by atoms with Gasteiger partial charge in [-0.15, -0.1) is 0 Å². The number of hydrogen-bond donors (Lipinski definition) is 2. The molecule has 0 spiro atoms. The number of carbonyl (C=O) groups is 1. The summed E-state index contributed by atoms with van der Waals surface area (Å²) in [7, 11) is 0. The molecule has 0 aliphatic carbocycles. The third-order valence-electron chi connectivity index (χ3n) is 7.12. The Morgan fingerprint density at radius 2 is 1.78 bits per heavy atom. The number of rotatable bonds is 4. The van der Waals surface area contributed by atoms with Crippen molar-refractivity contribution in [1.82, 2.24) is 19.9 Å². The van der Waals surface area contributed by atoms with Crippen LogP contribution >= 0.6 is 0 Å². The average Bonchev–Trinajstić information content (AvgIpc) is 2.89. The molecule has 1 amide bonds. The lowest BCUT2D eigenvalue weighted by molar-refractivity contribution is -0.129. The van der Waals surface area contributed by atoms with Crippen LogP contribution in [0, 0.1) is 23.4 Å². The smallest absolute Gasteiger partial charge is 0.219 e. The largest absolute Gasteiger partial charge is 0.388 e. The summed E-state index contributed by atoms with van der Waals surface area (Å²) >= 11 is 0. The standard InChI is InChI=1S/C26H27F3N6O2/c1-14(36)35-11-8-20-22(13-35)31-23(21-5-4-18(28)25(30)32-21)26(33-20)34-9-6-15(7-10-34)24(37)17-3-2-16(27)12-19(17)29/h2-5,12,15,24,37H,6-11,13H2,1H3,(H2,30,32). The number of nitrogen functional groups attached to an aromatic ring is 1. The van der Waals surface area contributed by atoms with E-state index < -0.39 is 23.6 Å². The van der Waals surface area contributed by atoms with Crippen LogP contribution in [0.5, 0.6) is 0 Å². The van der Waals surface area contributed by atoms with E-state index in [9.17, 15) is 23.1 Å². The van der Waals surface area contributed by atoms with E-state index >= 15 is 0 Å². The molecule has 0 radical (unpaired) electrons. The molecule has 1 unspecified atom stereocenters. The zero-order valence-electron chi connectivity index (χ0n) is 20.3. The molecule has 2 aromatic heterocycles. The van der Waals surface area contributed by atoms with Gasteiger partial charge >= 0.3 is 0 Å². The van der Waals surface area contributed by atoms with Gasteiger partial charge in [0.15, 0.2) is 17.5 Å². The fraction of sp³-hybridized carbons (Fsp3) is 0.385. The molecule has 3 N–H and O–H groups in total. The summed E-state index contributed by atoms with van der Waals surface area (Å²) in [5, 5.41) is 10.8. The van der Waals surface area contributed by atoms with Crippen molar-refractivity contribution >= 4 is 17.5 Å². The van der Waals surface area contributed by atoms with Crippen LogP contribution in [0.4, 0.5) is 24.8 Å². The van der Waals surface area contributed by atoms with Crippen molar-refractivity contribution < 1.29 is 23.1 Å². The van der Waals surface area contributed by atoms with Gasteiger partial charge in [-0.25, -0.2) is 28.1 Å². The van der Waals surface area contributed by atoms with Crippen LogP contribution in [0.1, 0.15) is 42.8 Å². The molecule has 194 valence electrons. The second kappa shape index (κ2) is 9.97. The lowest BCUT2D eigenvalue weighted by atomic mass is 9.87. The number of benzene rings is 1. The quantitative estimate of drug-likeness (QED) is 0.552. The van der Waals surface area contributed by atoms with Gasteiger partial charge in [-0.2, -0.15) is 0 Å². The number of aliphatic hydroxyl groups excluding tert-OH is 1. The Kier molecular flexibility index (Phi) is 6.72. The third-order valence-corrected chi connectivity index (χ3v) is 7.12. The second-order valence-electron chi connectivity index (χ2n) is 9.48. The monoisotopic (exact) mass is 512 g/mol. The van der Waals surface area contributed by atoms with Gasteiger partial charge in [0.05, 0.1) is 29.7 Å². The fourth-order valence-electron chi connectivity index (χ4n) is 5.00. The van der Waals surface area contributed by atoms with Crippen LogP contribution in [0.15, 0.2) is 30.3 Å². The normalized spacial score (nSPS) is 17.0. The summed E-state index contributed by atoms with van der Waals surface area (Å²) < 4.78 is 41.4. The lowest BCUT2D eigenvalue weighted by Crippen LogP contribution is -2.38. The van der Waals surface area contributed by atoms with Crippen molar-refractivity contribution in [2.45, 2.75) is 38.8 Å². The van der Waals surface area contributed by atoms with E-state index in [0.29, 0.717) is 68.3 Å². The number of nitrogens with zero attached hydrogens (tertiary/aromatic N) is 5.